The molecule has 2 rings (SSSR count). The molecule has 0 radical (unpaired) electrons. The molecule has 0 amide bonds. The average molecular weight is 332 g/mol. The van der Waals surface area contributed by atoms with E-state index in [0.717, 1.165) is 0 Å². The summed E-state index contributed by atoms with van der Waals surface area (Å²) in [6.45, 7) is 1.64. The van der Waals surface area contributed by atoms with Crippen LogP contribution in [-0.2, 0) is 10.0 Å². The second kappa shape index (κ2) is 5.47. The van der Waals surface area contributed by atoms with Gasteiger partial charge in [-0.15, -0.1) is 0 Å². The third-order valence-corrected chi connectivity index (χ3v) is 4.68. The van der Waals surface area contributed by atoms with Crippen LogP contribution in [0.5, 0.6) is 0 Å². The zero-order chi connectivity index (χ0) is 14.9. The van der Waals surface area contributed by atoms with Crippen molar-refractivity contribution in [3.8, 4) is 0 Å². The lowest BCUT2D eigenvalue weighted by atomic mass is 10.3. The molecule has 1 heterocycles. The number of hydrogen-bond donors (Lipinski definition) is 2. The normalized spacial score (nSPS) is 11.3. The van der Waals surface area contributed by atoms with E-state index < -0.39 is 10.0 Å². The summed E-state index contributed by atoms with van der Waals surface area (Å²) in [7, 11) is -3.90. The molecule has 3 N–H and O–H groups in total. The number of rotatable bonds is 3. The molecule has 0 aliphatic rings. The molecule has 0 spiro atoms. The second-order valence-corrected chi connectivity index (χ2v) is 6.44. The first-order chi connectivity index (χ1) is 9.31. The fourth-order valence-corrected chi connectivity index (χ4v) is 3.63. The molecular formula is C12H11Cl2N3O2S. The SMILES string of the molecule is Cc1nc(Cl)ccc1NS(=O)(=O)c1c(N)cccc1Cl. The lowest BCUT2D eigenvalue weighted by Gasteiger charge is -2.12. The molecule has 106 valence electrons. The number of pyridine rings is 1. The van der Waals surface area contributed by atoms with Gasteiger partial charge in [-0.2, -0.15) is 0 Å². The maximum Gasteiger partial charge on any atom is 0.265 e. The van der Waals surface area contributed by atoms with Crippen molar-refractivity contribution in [2.45, 2.75) is 11.8 Å². The summed E-state index contributed by atoms with van der Waals surface area (Å²) >= 11 is 11.6. The molecule has 0 unspecified atom stereocenters. The molecule has 0 fully saturated rings. The minimum absolute atomic E-state index is 0.0528. The minimum Gasteiger partial charge on any atom is -0.398 e. The van der Waals surface area contributed by atoms with Crippen molar-refractivity contribution >= 4 is 44.6 Å². The van der Waals surface area contributed by atoms with Crippen LogP contribution in [0.4, 0.5) is 11.4 Å². The maximum atomic E-state index is 12.3. The molecule has 2 aromatic rings. The van der Waals surface area contributed by atoms with Gasteiger partial charge in [0.1, 0.15) is 10.0 Å². The lowest BCUT2D eigenvalue weighted by molar-refractivity contribution is 0.601. The smallest absolute Gasteiger partial charge is 0.265 e. The van der Waals surface area contributed by atoms with Gasteiger partial charge < -0.3 is 5.73 Å². The van der Waals surface area contributed by atoms with Gasteiger partial charge >= 0.3 is 0 Å². The molecular weight excluding hydrogens is 321 g/mol. The van der Waals surface area contributed by atoms with Gasteiger partial charge in [-0.1, -0.05) is 29.3 Å². The Bertz CT molecular complexity index is 743. The summed E-state index contributed by atoms with van der Waals surface area (Å²) in [5.41, 5.74) is 6.52. The fourth-order valence-electron chi connectivity index (χ4n) is 1.64. The minimum atomic E-state index is -3.90. The third kappa shape index (κ3) is 2.98. The molecule has 1 aromatic heterocycles. The van der Waals surface area contributed by atoms with Gasteiger partial charge in [0.05, 0.1) is 22.1 Å². The summed E-state index contributed by atoms with van der Waals surface area (Å²) in [4.78, 5) is 3.81. The Morgan fingerprint density at radius 3 is 2.50 bits per heavy atom. The van der Waals surface area contributed by atoms with Crippen LogP contribution in [0.25, 0.3) is 0 Å². The Kier molecular flexibility index (Phi) is 4.08. The van der Waals surface area contributed by atoms with Crippen LogP contribution in [0.3, 0.4) is 0 Å². The average Bonchev–Trinajstić information content (AvgIpc) is 2.32. The van der Waals surface area contributed by atoms with Crippen LogP contribution in [0.2, 0.25) is 10.2 Å². The number of sulfonamides is 1. The van der Waals surface area contributed by atoms with Crippen LogP contribution in [0.1, 0.15) is 5.69 Å². The summed E-state index contributed by atoms with van der Waals surface area (Å²) in [6, 6.07) is 7.51. The molecule has 0 aliphatic carbocycles. The van der Waals surface area contributed by atoms with E-state index in [1.165, 1.54) is 24.3 Å². The zero-order valence-corrected chi connectivity index (χ0v) is 12.7. The Hall–Kier alpha value is -1.50. The van der Waals surface area contributed by atoms with Gasteiger partial charge in [-0.3, -0.25) is 4.72 Å². The van der Waals surface area contributed by atoms with E-state index in [4.69, 9.17) is 28.9 Å². The molecule has 1 aromatic carbocycles. The quantitative estimate of drug-likeness (QED) is 0.668. The number of nitrogen functional groups attached to an aromatic ring is 1. The zero-order valence-electron chi connectivity index (χ0n) is 10.4. The van der Waals surface area contributed by atoms with Gasteiger partial charge in [0.15, 0.2) is 0 Å². The van der Waals surface area contributed by atoms with Crippen LogP contribution in [0.15, 0.2) is 35.2 Å². The molecule has 8 heteroatoms. The number of aromatic nitrogens is 1. The molecule has 0 aliphatic heterocycles. The Morgan fingerprint density at radius 2 is 1.90 bits per heavy atom. The van der Waals surface area contributed by atoms with Gasteiger partial charge in [0, 0.05) is 0 Å². The largest absolute Gasteiger partial charge is 0.398 e. The molecule has 0 bridgehead atoms. The first-order valence-corrected chi connectivity index (χ1v) is 7.75. The summed E-state index contributed by atoms with van der Waals surface area (Å²) in [5.74, 6) is 0. The van der Waals surface area contributed by atoms with Crippen molar-refractivity contribution in [1.29, 1.82) is 0 Å². The molecule has 0 atom stereocenters. The number of nitrogens with zero attached hydrogens (tertiary/aromatic N) is 1. The predicted molar refractivity (Wildman–Crippen MR) is 80.7 cm³/mol. The fraction of sp³-hybridized carbons (Fsp3) is 0.0833. The van der Waals surface area contributed by atoms with Gasteiger partial charge in [-0.05, 0) is 31.2 Å². The number of hydrogen-bond acceptors (Lipinski definition) is 4. The molecule has 5 nitrogen and oxygen atoms in total. The monoisotopic (exact) mass is 331 g/mol. The highest BCUT2D eigenvalue weighted by Gasteiger charge is 2.22. The van der Waals surface area contributed by atoms with Gasteiger partial charge in [0.25, 0.3) is 10.0 Å². The van der Waals surface area contributed by atoms with Crippen LogP contribution in [0, 0.1) is 6.92 Å². The highest BCUT2D eigenvalue weighted by atomic mass is 35.5. The van der Waals surface area contributed by atoms with Crippen molar-refractivity contribution in [3.05, 3.63) is 46.2 Å². The van der Waals surface area contributed by atoms with E-state index >= 15 is 0 Å². The topological polar surface area (TPSA) is 85.1 Å². The number of anilines is 2. The number of nitrogens with one attached hydrogen (secondary N) is 1. The molecule has 20 heavy (non-hydrogen) atoms. The summed E-state index contributed by atoms with van der Waals surface area (Å²) < 4.78 is 27.1. The van der Waals surface area contributed by atoms with E-state index in [0.29, 0.717) is 11.4 Å². The lowest BCUT2D eigenvalue weighted by Crippen LogP contribution is -2.16. The first-order valence-electron chi connectivity index (χ1n) is 5.51. The Labute approximate surface area is 126 Å². The number of halogens is 2. The standard InChI is InChI=1S/C12H11Cl2N3O2S/c1-7-10(5-6-11(14)16-7)17-20(18,19)12-8(13)3-2-4-9(12)15/h2-6,17H,15H2,1H3. The van der Waals surface area contributed by atoms with Crippen molar-refractivity contribution in [2.24, 2.45) is 0 Å². The second-order valence-electron chi connectivity index (χ2n) is 4.03. The number of aryl methyl sites for hydroxylation is 1. The van der Waals surface area contributed by atoms with Crippen molar-refractivity contribution in [1.82, 2.24) is 4.98 Å². The van der Waals surface area contributed by atoms with Gasteiger partial charge in [0.2, 0.25) is 0 Å². The van der Waals surface area contributed by atoms with Crippen molar-refractivity contribution in [2.75, 3.05) is 10.5 Å². The van der Waals surface area contributed by atoms with E-state index in [2.05, 4.69) is 9.71 Å². The Balaban J connectivity index is 2.46. The van der Waals surface area contributed by atoms with Gasteiger partial charge in [-0.25, -0.2) is 13.4 Å². The van der Waals surface area contributed by atoms with Crippen molar-refractivity contribution < 1.29 is 8.42 Å². The summed E-state index contributed by atoms with van der Waals surface area (Å²) in [5, 5.41) is 0.333. The van der Waals surface area contributed by atoms with Crippen LogP contribution in [-0.4, -0.2) is 13.4 Å². The Morgan fingerprint density at radius 1 is 1.20 bits per heavy atom. The highest BCUT2D eigenvalue weighted by molar-refractivity contribution is 7.93. The van der Waals surface area contributed by atoms with E-state index in [9.17, 15) is 8.42 Å². The maximum absolute atomic E-state index is 12.3. The van der Waals surface area contributed by atoms with Crippen LogP contribution < -0.4 is 10.5 Å². The first kappa shape index (κ1) is 14.9. The van der Waals surface area contributed by atoms with Crippen LogP contribution >= 0.6 is 23.2 Å². The summed E-state index contributed by atoms with van der Waals surface area (Å²) in [6.07, 6.45) is 0. The highest BCUT2D eigenvalue weighted by Crippen LogP contribution is 2.29. The van der Waals surface area contributed by atoms with E-state index in [1.807, 2.05) is 0 Å². The molecule has 0 saturated heterocycles. The predicted octanol–water partition coefficient (Wildman–Crippen LogP) is 3.08. The number of nitrogens with two attached hydrogens (primary N) is 1. The third-order valence-electron chi connectivity index (χ3n) is 2.56. The van der Waals surface area contributed by atoms with Crippen molar-refractivity contribution in [3.63, 3.8) is 0 Å². The molecule has 0 saturated carbocycles. The van der Waals surface area contributed by atoms with E-state index in [1.54, 1.807) is 13.0 Å². The van der Waals surface area contributed by atoms with E-state index in [-0.39, 0.29) is 20.8 Å². The number of benzene rings is 1.